The Morgan fingerprint density at radius 3 is 2.83 bits per heavy atom. The number of carbonyl (C=O) groups is 2. The summed E-state index contributed by atoms with van der Waals surface area (Å²) in [5.74, 6) is 0.708. The summed E-state index contributed by atoms with van der Waals surface area (Å²) in [6.45, 7) is 4.04. The maximum absolute atomic E-state index is 12.1. The Labute approximate surface area is 108 Å². The van der Waals surface area contributed by atoms with Gasteiger partial charge >= 0.3 is 0 Å². The second kappa shape index (κ2) is 6.18. The lowest BCUT2D eigenvalue weighted by Gasteiger charge is -2.32. The Morgan fingerprint density at radius 2 is 2.17 bits per heavy atom. The fourth-order valence-corrected chi connectivity index (χ4v) is 2.16. The second-order valence-electron chi connectivity index (χ2n) is 5.19. The lowest BCUT2D eigenvalue weighted by molar-refractivity contribution is -0.145. The van der Waals surface area contributed by atoms with Crippen LogP contribution in [0.1, 0.15) is 32.6 Å². The zero-order valence-corrected chi connectivity index (χ0v) is 11.0. The van der Waals surface area contributed by atoms with Crippen molar-refractivity contribution in [2.24, 2.45) is 5.92 Å². The third-order valence-electron chi connectivity index (χ3n) is 3.41. The monoisotopic (exact) mass is 254 g/mol. The molecule has 0 bridgehead atoms. The van der Waals surface area contributed by atoms with E-state index in [2.05, 4.69) is 5.32 Å². The van der Waals surface area contributed by atoms with Gasteiger partial charge < -0.3 is 15.0 Å². The highest BCUT2D eigenvalue weighted by molar-refractivity contribution is 5.94. The molecule has 1 unspecified atom stereocenters. The highest BCUT2D eigenvalue weighted by Crippen LogP contribution is 2.28. The van der Waals surface area contributed by atoms with Gasteiger partial charge in [-0.05, 0) is 25.2 Å². The van der Waals surface area contributed by atoms with Gasteiger partial charge in [0.05, 0.1) is 13.2 Å². The van der Waals surface area contributed by atoms with Crippen molar-refractivity contribution in [3.63, 3.8) is 0 Å². The molecule has 0 radical (unpaired) electrons. The summed E-state index contributed by atoms with van der Waals surface area (Å²) >= 11 is 0. The Balaban J connectivity index is 1.74. The van der Waals surface area contributed by atoms with Crippen LogP contribution >= 0.6 is 0 Å². The number of nitrogens with one attached hydrogen (secondary N) is 1. The molecule has 2 aliphatic rings. The molecule has 1 saturated carbocycles. The highest BCUT2D eigenvalue weighted by atomic mass is 16.5. The molecule has 1 N–H and O–H groups in total. The standard InChI is InChI=1S/C13H22N2O3/c1-2-3-11-13(17)15(8-12(16)14-11)6-7-18-9-10-4-5-10/h10-11H,2-9H2,1H3,(H,14,16). The number of nitrogens with zero attached hydrogens (tertiary/aromatic N) is 1. The quantitative estimate of drug-likeness (QED) is 0.675. The first-order valence-electron chi connectivity index (χ1n) is 6.86. The van der Waals surface area contributed by atoms with Gasteiger partial charge in [-0.2, -0.15) is 0 Å². The summed E-state index contributed by atoms with van der Waals surface area (Å²) in [5.41, 5.74) is 0. The van der Waals surface area contributed by atoms with Gasteiger partial charge in [0, 0.05) is 13.2 Å². The van der Waals surface area contributed by atoms with Crippen molar-refractivity contribution in [1.29, 1.82) is 0 Å². The van der Waals surface area contributed by atoms with E-state index in [-0.39, 0.29) is 24.4 Å². The van der Waals surface area contributed by atoms with Gasteiger partial charge in [0.25, 0.3) is 0 Å². The molecule has 2 rings (SSSR count). The van der Waals surface area contributed by atoms with Crippen molar-refractivity contribution < 1.29 is 14.3 Å². The van der Waals surface area contributed by atoms with Crippen LogP contribution < -0.4 is 5.32 Å². The summed E-state index contributed by atoms with van der Waals surface area (Å²) in [4.78, 5) is 25.2. The molecule has 18 heavy (non-hydrogen) atoms. The van der Waals surface area contributed by atoms with E-state index in [1.54, 1.807) is 4.90 Å². The maximum atomic E-state index is 12.1. The van der Waals surface area contributed by atoms with Crippen molar-refractivity contribution in [3.05, 3.63) is 0 Å². The molecule has 0 aromatic carbocycles. The van der Waals surface area contributed by atoms with Crippen LogP contribution in [0.4, 0.5) is 0 Å². The van der Waals surface area contributed by atoms with Crippen molar-refractivity contribution in [2.45, 2.75) is 38.6 Å². The summed E-state index contributed by atoms with van der Waals surface area (Å²) in [6, 6.07) is -0.334. The lowest BCUT2D eigenvalue weighted by atomic mass is 10.1. The third-order valence-corrected chi connectivity index (χ3v) is 3.41. The van der Waals surface area contributed by atoms with E-state index < -0.39 is 0 Å². The highest BCUT2D eigenvalue weighted by Gasteiger charge is 2.31. The van der Waals surface area contributed by atoms with Crippen LogP contribution in [-0.4, -0.2) is 49.1 Å². The molecular formula is C13H22N2O3. The molecule has 1 atom stereocenters. The molecule has 2 amide bonds. The average Bonchev–Trinajstić information content (AvgIpc) is 3.14. The summed E-state index contributed by atoms with van der Waals surface area (Å²) < 4.78 is 5.51. The number of carbonyl (C=O) groups excluding carboxylic acids is 2. The van der Waals surface area contributed by atoms with Crippen LogP contribution in [0.15, 0.2) is 0 Å². The van der Waals surface area contributed by atoms with Crippen molar-refractivity contribution in [3.8, 4) is 0 Å². The minimum atomic E-state index is -0.334. The van der Waals surface area contributed by atoms with Crippen LogP contribution in [0.25, 0.3) is 0 Å². The van der Waals surface area contributed by atoms with Gasteiger partial charge in [0.2, 0.25) is 11.8 Å². The van der Waals surface area contributed by atoms with Crippen LogP contribution in [0.5, 0.6) is 0 Å². The molecule has 1 saturated heterocycles. The zero-order chi connectivity index (χ0) is 13.0. The Morgan fingerprint density at radius 1 is 1.39 bits per heavy atom. The minimum Gasteiger partial charge on any atom is -0.379 e. The molecule has 5 nitrogen and oxygen atoms in total. The number of hydrogen-bond donors (Lipinski definition) is 1. The summed E-state index contributed by atoms with van der Waals surface area (Å²) in [5, 5.41) is 2.74. The largest absolute Gasteiger partial charge is 0.379 e. The molecule has 1 aliphatic carbocycles. The molecule has 1 aliphatic heterocycles. The Bertz CT molecular complexity index is 315. The summed E-state index contributed by atoms with van der Waals surface area (Å²) in [7, 11) is 0. The number of amides is 2. The minimum absolute atomic E-state index is 0.0338. The van der Waals surface area contributed by atoms with Crippen molar-refractivity contribution in [2.75, 3.05) is 26.3 Å². The first kappa shape index (κ1) is 13.3. The molecule has 0 aromatic heterocycles. The number of ether oxygens (including phenoxy) is 1. The van der Waals surface area contributed by atoms with E-state index >= 15 is 0 Å². The second-order valence-corrected chi connectivity index (χ2v) is 5.19. The lowest BCUT2D eigenvalue weighted by Crippen LogP contribution is -2.58. The van der Waals surface area contributed by atoms with Crippen LogP contribution in [0.3, 0.4) is 0 Å². The Kier molecular flexibility index (Phi) is 4.58. The number of hydrogen-bond acceptors (Lipinski definition) is 3. The first-order valence-corrected chi connectivity index (χ1v) is 6.86. The fourth-order valence-electron chi connectivity index (χ4n) is 2.16. The molecular weight excluding hydrogens is 232 g/mol. The normalized spacial score (nSPS) is 24.3. The van der Waals surface area contributed by atoms with Gasteiger partial charge in [-0.15, -0.1) is 0 Å². The van der Waals surface area contributed by atoms with E-state index in [0.717, 1.165) is 18.9 Å². The molecule has 0 aromatic rings. The van der Waals surface area contributed by atoms with E-state index in [4.69, 9.17) is 4.74 Å². The third kappa shape index (κ3) is 3.70. The van der Waals surface area contributed by atoms with E-state index in [1.807, 2.05) is 6.92 Å². The van der Waals surface area contributed by atoms with Crippen LogP contribution in [0, 0.1) is 5.92 Å². The van der Waals surface area contributed by atoms with Crippen molar-refractivity contribution >= 4 is 11.8 Å². The number of piperazine rings is 1. The average molecular weight is 254 g/mol. The SMILES string of the molecule is CCCC1NC(=O)CN(CCOCC2CC2)C1=O. The van der Waals surface area contributed by atoms with Gasteiger partial charge in [0.1, 0.15) is 6.04 Å². The Hall–Kier alpha value is -1.10. The molecule has 1 heterocycles. The fraction of sp³-hybridized carbons (Fsp3) is 0.846. The van der Waals surface area contributed by atoms with Crippen LogP contribution in [-0.2, 0) is 14.3 Å². The smallest absolute Gasteiger partial charge is 0.245 e. The van der Waals surface area contributed by atoms with E-state index in [9.17, 15) is 9.59 Å². The van der Waals surface area contributed by atoms with Gasteiger partial charge in [0.15, 0.2) is 0 Å². The first-order chi connectivity index (χ1) is 8.70. The van der Waals surface area contributed by atoms with Gasteiger partial charge in [-0.25, -0.2) is 0 Å². The molecule has 5 heteroatoms. The van der Waals surface area contributed by atoms with E-state index in [1.165, 1.54) is 12.8 Å². The van der Waals surface area contributed by atoms with Crippen LogP contribution in [0.2, 0.25) is 0 Å². The van der Waals surface area contributed by atoms with Crippen molar-refractivity contribution in [1.82, 2.24) is 10.2 Å². The predicted octanol–water partition coefficient (Wildman–Crippen LogP) is 0.540. The van der Waals surface area contributed by atoms with E-state index in [0.29, 0.717) is 19.6 Å². The molecule has 0 spiro atoms. The van der Waals surface area contributed by atoms with Gasteiger partial charge in [-0.3, -0.25) is 9.59 Å². The van der Waals surface area contributed by atoms with Gasteiger partial charge in [-0.1, -0.05) is 13.3 Å². The summed E-state index contributed by atoms with van der Waals surface area (Å²) in [6.07, 6.45) is 4.14. The molecule has 102 valence electrons. The maximum Gasteiger partial charge on any atom is 0.245 e. The molecule has 2 fully saturated rings. The zero-order valence-electron chi connectivity index (χ0n) is 11.0. The predicted molar refractivity (Wildman–Crippen MR) is 67.0 cm³/mol. The number of rotatable bonds is 7. The topological polar surface area (TPSA) is 58.6 Å².